The van der Waals surface area contributed by atoms with E-state index in [0.29, 0.717) is 21.3 Å². The summed E-state index contributed by atoms with van der Waals surface area (Å²) in [4.78, 5) is 11.8. The zero-order valence-electron chi connectivity index (χ0n) is 11.2. The minimum Gasteiger partial charge on any atom is -0.354 e. The number of amides is 1. The second-order valence-electron chi connectivity index (χ2n) is 4.67. The fraction of sp³-hybridized carbons (Fsp3) is 0.545. The molecule has 0 saturated heterocycles. The van der Waals surface area contributed by atoms with Gasteiger partial charge in [-0.1, -0.05) is 25.4 Å². The quantitative estimate of drug-likeness (QED) is 0.766. The SMILES string of the molecule is CC(C)CNC(=O)C(C)NS(=O)(=O)c1cc(Cl)c(Br)s1. The summed E-state index contributed by atoms with van der Waals surface area (Å²) in [7, 11) is -3.75. The van der Waals surface area contributed by atoms with Gasteiger partial charge < -0.3 is 5.32 Å². The molecule has 1 unspecified atom stereocenters. The lowest BCUT2D eigenvalue weighted by Crippen LogP contribution is -2.45. The zero-order valence-corrected chi connectivity index (χ0v) is 15.2. The molecule has 2 N–H and O–H groups in total. The lowest BCUT2D eigenvalue weighted by Gasteiger charge is -2.14. The standard InChI is InChI=1S/C11H16BrClN2O3S2/c1-6(2)5-14-11(16)7(3)15-20(17,18)9-4-8(13)10(12)19-9/h4,6-7,15H,5H2,1-3H3,(H,14,16). The Balaban J connectivity index is 2.73. The predicted molar refractivity (Wildman–Crippen MR) is 84.7 cm³/mol. The van der Waals surface area contributed by atoms with Crippen LogP contribution < -0.4 is 10.0 Å². The summed E-state index contributed by atoms with van der Waals surface area (Å²) in [5, 5.41) is 3.00. The van der Waals surface area contributed by atoms with E-state index in [1.807, 2.05) is 13.8 Å². The minimum absolute atomic E-state index is 0.0675. The van der Waals surface area contributed by atoms with E-state index in [-0.39, 0.29) is 10.1 Å². The van der Waals surface area contributed by atoms with Gasteiger partial charge in [0.2, 0.25) is 5.91 Å². The first-order valence-corrected chi connectivity index (χ1v) is 9.35. The van der Waals surface area contributed by atoms with Crippen molar-refractivity contribution in [1.29, 1.82) is 0 Å². The van der Waals surface area contributed by atoms with Crippen LogP contribution in [0.3, 0.4) is 0 Å². The smallest absolute Gasteiger partial charge is 0.250 e. The Morgan fingerprint density at radius 2 is 2.05 bits per heavy atom. The van der Waals surface area contributed by atoms with E-state index in [0.717, 1.165) is 11.3 Å². The van der Waals surface area contributed by atoms with Crippen LogP contribution in [0.2, 0.25) is 5.02 Å². The van der Waals surface area contributed by atoms with E-state index in [1.165, 1.54) is 13.0 Å². The van der Waals surface area contributed by atoms with Crippen molar-refractivity contribution in [3.05, 3.63) is 14.9 Å². The normalized spacial score (nSPS) is 13.5. The summed E-state index contributed by atoms with van der Waals surface area (Å²) in [5.74, 6) is -0.0567. The van der Waals surface area contributed by atoms with Crippen LogP contribution in [0.5, 0.6) is 0 Å². The number of hydrogen-bond donors (Lipinski definition) is 2. The molecule has 20 heavy (non-hydrogen) atoms. The van der Waals surface area contributed by atoms with Gasteiger partial charge in [0.15, 0.2) is 0 Å². The Bertz CT molecular complexity index is 567. The summed E-state index contributed by atoms with van der Waals surface area (Å²) < 4.78 is 27.1. The second-order valence-corrected chi connectivity index (χ2v) is 9.39. The van der Waals surface area contributed by atoms with Gasteiger partial charge in [0, 0.05) is 6.54 Å². The molecule has 114 valence electrons. The summed E-state index contributed by atoms with van der Waals surface area (Å²) in [6, 6.07) is 0.496. The highest BCUT2D eigenvalue weighted by Crippen LogP contribution is 2.34. The molecule has 0 aliphatic rings. The molecule has 0 aliphatic heterocycles. The molecule has 0 saturated carbocycles. The van der Waals surface area contributed by atoms with Crippen molar-refractivity contribution < 1.29 is 13.2 Å². The molecule has 0 aromatic carbocycles. The van der Waals surface area contributed by atoms with Gasteiger partial charge >= 0.3 is 0 Å². The summed E-state index contributed by atoms with van der Waals surface area (Å²) in [6.07, 6.45) is 0. The first-order valence-electron chi connectivity index (χ1n) is 5.88. The maximum atomic E-state index is 12.1. The van der Waals surface area contributed by atoms with Crippen LogP contribution in [0.4, 0.5) is 0 Å². The molecule has 1 heterocycles. The van der Waals surface area contributed by atoms with E-state index < -0.39 is 16.1 Å². The van der Waals surface area contributed by atoms with Gasteiger partial charge in [0.25, 0.3) is 10.0 Å². The maximum Gasteiger partial charge on any atom is 0.250 e. The molecule has 5 nitrogen and oxygen atoms in total. The highest BCUT2D eigenvalue weighted by Gasteiger charge is 2.24. The fourth-order valence-electron chi connectivity index (χ4n) is 1.26. The Labute approximate surface area is 136 Å². The van der Waals surface area contributed by atoms with Gasteiger partial charge in [-0.25, -0.2) is 8.42 Å². The van der Waals surface area contributed by atoms with Crippen molar-refractivity contribution in [2.24, 2.45) is 5.92 Å². The monoisotopic (exact) mass is 402 g/mol. The Hall–Kier alpha value is -0.150. The number of carbonyl (C=O) groups excluding carboxylic acids is 1. The third-order valence-corrected chi connectivity index (χ3v) is 6.79. The van der Waals surface area contributed by atoms with Gasteiger partial charge in [0.05, 0.1) is 14.9 Å². The lowest BCUT2D eigenvalue weighted by molar-refractivity contribution is -0.122. The highest BCUT2D eigenvalue weighted by atomic mass is 79.9. The molecule has 0 fully saturated rings. The Morgan fingerprint density at radius 3 is 2.50 bits per heavy atom. The number of halogens is 2. The summed E-state index contributed by atoms with van der Waals surface area (Å²) >= 11 is 9.97. The van der Waals surface area contributed by atoms with Gasteiger partial charge in [0.1, 0.15) is 4.21 Å². The second kappa shape index (κ2) is 7.22. The molecule has 0 bridgehead atoms. The Morgan fingerprint density at radius 1 is 1.45 bits per heavy atom. The molecular formula is C11H16BrClN2O3S2. The summed E-state index contributed by atoms with van der Waals surface area (Å²) in [5.41, 5.74) is 0. The van der Waals surface area contributed by atoms with Crippen molar-refractivity contribution in [3.8, 4) is 0 Å². The molecule has 1 aromatic heterocycles. The van der Waals surface area contributed by atoms with E-state index >= 15 is 0 Å². The third-order valence-electron chi connectivity index (χ3n) is 2.30. The van der Waals surface area contributed by atoms with Crippen LogP contribution in [-0.2, 0) is 14.8 Å². The van der Waals surface area contributed by atoms with Gasteiger partial charge in [-0.05, 0) is 34.8 Å². The van der Waals surface area contributed by atoms with Crippen molar-refractivity contribution in [2.45, 2.75) is 31.0 Å². The maximum absolute atomic E-state index is 12.1. The first-order chi connectivity index (χ1) is 9.13. The predicted octanol–water partition coefficient (Wildman–Crippen LogP) is 2.60. The van der Waals surface area contributed by atoms with Crippen LogP contribution in [0, 0.1) is 5.92 Å². The average Bonchev–Trinajstić information content (AvgIpc) is 2.66. The zero-order chi connectivity index (χ0) is 15.5. The van der Waals surface area contributed by atoms with Gasteiger partial charge in [-0.3, -0.25) is 4.79 Å². The number of nitrogens with one attached hydrogen (secondary N) is 2. The van der Waals surface area contributed by atoms with E-state index in [1.54, 1.807) is 0 Å². The third kappa shape index (κ3) is 5.00. The molecule has 0 radical (unpaired) electrons. The minimum atomic E-state index is -3.75. The number of thiophene rings is 1. The molecule has 1 atom stereocenters. The van der Waals surface area contributed by atoms with Crippen LogP contribution >= 0.6 is 38.9 Å². The number of hydrogen-bond acceptors (Lipinski definition) is 4. The molecule has 0 aliphatic carbocycles. The van der Waals surface area contributed by atoms with Crippen LogP contribution in [0.1, 0.15) is 20.8 Å². The van der Waals surface area contributed by atoms with Gasteiger partial charge in [-0.2, -0.15) is 4.72 Å². The molecule has 9 heteroatoms. The van der Waals surface area contributed by atoms with Crippen LogP contribution in [-0.4, -0.2) is 26.9 Å². The lowest BCUT2D eigenvalue weighted by atomic mass is 10.2. The molecule has 0 spiro atoms. The number of rotatable bonds is 6. The average molecular weight is 404 g/mol. The van der Waals surface area contributed by atoms with E-state index in [4.69, 9.17) is 11.6 Å². The van der Waals surface area contributed by atoms with Crippen LogP contribution in [0.15, 0.2) is 14.1 Å². The van der Waals surface area contributed by atoms with Crippen molar-refractivity contribution >= 4 is 54.8 Å². The summed E-state index contributed by atoms with van der Waals surface area (Å²) in [6.45, 7) is 5.92. The van der Waals surface area contributed by atoms with Gasteiger partial charge in [-0.15, -0.1) is 11.3 Å². The number of sulfonamides is 1. The van der Waals surface area contributed by atoms with E-state index in [9.17, 15) is 13.2 Å². The molecular weight excluding hydrogens is 388 g/mol. The van der Waals surface area contributed by atoms with Crippen molar-refractivity contribution in [2.75, 3.05) is 6.54 Å². The van der Waals surface area contributed by atoms with E-state index in [2.05, 4.69) is 26.0 Å². The molecule has 1 rings (SSSR count). The van der Waals surface area contributed by atoms with Crippen LogP contribution in [0.25, 0.3) is 0 Å². The number of carbonyl (C=O) groups is 1. The fourth-order valence-corrected chi connectivity index (χ4v) is 4.88. The topological polar surface area (TPSA) is 75.3 Å². The molecule has 1 aromatic rings. The van der Waals surface area contributed by atoms with Crippen molar-refractivity contribution in [1.82, 2.24) is 10.0 Å². The molecule has 1 amide bonds. The largest absolute Gasteiger partial charge is 0.354 e. The highest BCUT2D eigenvalue weighted by molar-refractivity contribution is 9.11. The Kier molecular flexibility index (Phi) is 6.46. The van der Waals surface area contributed by atoms with Crippen molar-refractivity contribution in [3.63, 3.8) is 0 Å². The first kappa shape index (κ1) is 17.9.